The van der Waals surface area contributed by atoms with Crippen molar-refractivity contribution in [1.29, 1.82) is 0 Å². The van der Waals surface area contributed by atoms with E-state index in [2.05, 4.69) is 48.1 Å². The molecule has 2 heteroatoms. The molecule has 1 aromatic carbocycles. The maximum Gasteiger partial charge on any atom is 0.0823 e. The zero-order chi connectivity index (χ0) is 11.8. The number of benzene rings is 1. The van der Waals surface area contributed by atoms with Crippen molar-refractivity contribution in [2.24, 2.45) is 4.99 Å². The Balaban J connectivity index is 2.85. The van der Waals surface area contributed by atoms with Crippen LogP contribution in [0.4, 0.5) is 0 Å². The van der Waals surface area contributed by atoms with Crippen molar-refractivity contribution in [3.63, 3.8) is 0 Å². The Kier molecular flexibility index (Phi) is 5.06. The Hall–Kier alpha value is -1.83. The highest BCUT2D eigenvalue weighted by atomic mass is 14.9. The first-order valence-corrected chi connectivity index (χ1v) is 5.31. The average Bonchev–Trinajstić information content (AvgIpc) is 2.30. The molecular weight excluding hydrogens is 196 g/mol. The van der Waals surface area contributed by atoms with Crippen LogP contribution in [0.3, 0.4) is 0 Å². The molecular formula is C14H18N2. The lowest BCUT2D eigenvalue weighted by Crippen LogP contribution is -2.11. The van der Waals surface area contributed by atoms with E-state index in [1.807, 2.05) is 6.08 Å². The molecule has 0 aliphatic carbocycles. The molecule has 1 rings (SSSR count). The summed E-state index contributed by atoms with van der Waals surface area (Å²) >= 11 is 0. The SMILES string of the molecule is C=C/C=C\c1cccc(CNC=NC)c1C. The van der Waals surface area contributed by atoms with E-state index in [-0.39, 0.29) is 0 Å². The number of rotatable bonds is 5. The summed E-state index contributed by atoms with van der Waals surface area (Å²) < 4.78 is 0. The Labute approximate surface area is 97.4 Å². The van der Waals surface area contributed by atoms with Gasteiger partial charge in [-0.3, -0.25) is 4.99 Å². The number of allylic oxidation sites excluding steroid dienone is 2. The van der Waals surface area contributed by atoms with Crippen molar-refractivity contribution in [3.05, 3.63) is 53.6 Å². The van der Waals surface area contributed by atoms with Gasteiger partial charge in [0.1, 0.15) is 0 Å². The third-order valence-electron chi connectivity index (χ3n) is 2.41. The molecule has 2 nitrogen and oxygen atoms in total. The minimum Gasteiger partial charge on any atom is -0.372 e. The van der Waals surface area contributed by atoms with Crippen molar-refractivity contribution < 1.29 is 0 Å². The fraction of sp³-hybridized carbons (Fsp3) is 0.214. The van der Waals surface area contributed by atoms with Crippen LogP contribution in [0.2, 0.25) is 0 Å². The Bertz CT molecular complexity index is 403. The third-order valence-corrected chi connectivity index (χ3v) is 2.41. The predicted molar refractivity (Wildman–Crippen MR) is 71.7 cm³/mol. The second-order valence-electron chi connectivity index (χ2n) is 3.49. The first-order valence-electron chi connectivity index (χ1n) is 5.31. The van der Waals surface area contributed by atoms with Crippen LogP contribution in [0.15, 0.2) is 41.9 Å². The fourth-order valence-electron chi connectivity index (χ4n) is 1.49. The zero-order valence-corrected chi connectivity index (χ0v) is 9.90. The van der Waals surface area contributed by atoms with Crippen LogP contribution in [-0.4, -0.2) is 13.4 Å². The van der Waals surface area contributed by atoms with Crippen LogP contribution in [0, 0.1) is 6.92 Å². The molecule has 0 aliphatic heterocycles. The van der Waals surface area contributed by atoms with E-state index in [0.29, 0.717) is 0 Å². The van der Waals surface area contributed by atoms with Gasteiger partial charge in [0.2, 0.25) is 0 Å². The van der Waals surface area contributed by atoms with Gasteiger partial charge in [-0.15, -0.1) is 0 Å². The molecule has 0 aliphatic rings. The van der Waals surface area contributed by atoms with Crippen LogP contribution in [0.1, 0.15) is 16.7 Å². The molecule has 0 atom stereocenters. The second kappa shape index (κ2) is 6.62. The van der Waals surface area contributed by atoms with E-state index in [1.54, 1.807) is 19.5 Å². The molecule has 84 valence electrons. The zero-order valence-electron chi connectivity index (χ0n) is 9.90. The normalized spacial score (nSPS) is 11.1. The van der Waals surface area contributed by atoms with Crippen molar-refractivity contribution in [3.8, 4) is 0 Å². The van der Waals surface area contributed by atoms with E-state index in [1.165, 1.54) is 16.7 Å². The predicted octanol–water partition coefficient (Wildman–Crippen LogP) is 2.94. The summed E-state index contributed by atoms with van der Waals surface area (Å²) in [7, 11) is 1.75. The van der Waals surface area contributed by atoms with Crippen LogP contribution in [0.5, 0.6) is 0 Å². The summed E-state index contributed by atoms with van der Waals surface area (Å²) in [4.78, 5) is 3.89. The summed E-state index contributed by atoms with van der Waals surface area (Å²) in [6.45, 7) is 6.60. The highest BCUT2D eigenvalue weighted by molar-refractivity contribution is 5.58. The van der Waals surface area contributed by atoms with Gasteiger partial charge in [-0.25, -0.2) is 0 Å². The topological polar surface area (TPSA) is 24.4 Å². The van der Waals surface area contributed by atoms with Gasteiger partial charge < -0.3 is 5.32 Å². The standard InChI is InChI=1S/C14H18N2/c1-4-5-7-13-8-6-9-14(12(13)2)10-16-11-15-3/h4-9,11H,1,10H2,2-3H3,(H,15,16)/b7-5-. The van der Waals surface area contributed by atoms with Gasteiger partial charge in [0.25, 0.3) is 0 Å². The van der Waals surface area contributed by atoms with Gasteiger partial charge in [0, 0.05) is 13.6 Å². The second-order valence-corrected chi connectivity index (χ2v) is 3.49. The Morgan fingerprint density at radius 1 is 1.44 bits per heavy atom. The molecule has 0 fully saturated rings. The molecule has 1 N–H and O–H groups in total. The Morgan fingerprint density at radius 3 is 2.94 bits per heavy atom. The molecule has 0 bridgehead atoms. The number of hydrogen-bond acceptors (Lipinski definition) is 1. The van der Waals surface area contributed by atoms with Gasteiger partial charge >= 0.3 is 0 Å². The lowest BCUT2D eigenvalue weighted by atomic mass is 10.0. The first kappa shape index (κ1) is 12.2. The lowest BCUT2D eigenvalue weighted by molar-refractivity contribution is 0.919. The molecule has 0 saturated heterocycles. The lowest BCUT2D eigenvalue weighted by Gasteiger charge is -2.08. The summed E-state index contributed by atoms with van der Waals surface area (Å²) in [5.41, 5.74) is 3.80. The molecule has 0 radical (unpaired) electrons. The fourth-order valence-corrected chi connectivity index (χ4v) is 1.49. The monoisotopic (exact) mass is 214 g/mol. The molecule has 0 unspecified atom stereocenters. The maximum absolute atomic E-state index is 3.89. The number of hydrogen-bond donors (Lipinski definition) is 1. The van der Waals surface area contributed by atoms with Crippen molar-refractivity contribution >= 4 is 12.4 Å². The third kappa shape index (κ3) is 3.39. The van der Waals surface area contributed by atoms with Crippen LogP contribution in [-0.2, 0) is 6.54 Å². The first-order chi connectivity index (χ1) is 7.79. The number of aliphatic imine (C=N–C) groups is 1. The molecule has 0 heterocycles. The van der Waals surface area contributed by atoms with Gasteiger partial charge in [0.05, 0.1) is 6.34 Å². The van der Waals surface area contributed by atoms with E-state index < -0.39 is 0 Å². The van der Waals surface area contributed by atoms with E-state index in [0.717, 1.165) is 6.54 Å². The molecule has 0 aromatic heterocycles. The van der Waals surface area contributed by atoms with E-state index in [9.17, 15) is 0 Å². The minimum atomic E-state index is 0.805. The quantitative estimate of drug-likeness (QED) is 0.455. The van der Waals surface area contributed by atoms with Crippen LogP contribution >= 0.6 is 0 Å². The van der Waals surface area contributed by atoms with Crippen molar-refractivity contribution in [2.45, 2.75) is 13.5 Å². The molecule has 0 spiro atoms. The van der Waals surface area contributed by atoms with Gasteiger partial charge in [0.15, 0.2) is 0 Å². The molecule has 0 amide bonds. The smallest absolute Gasteiger partial charge is 0.0823 e. The summed E-state index contributed by atoms with van der Waals surface area (Å²) in [6, 6.07) is 6.29. The highest BCUT2D eigenvalue weighted by Gasteiger charge is 1.99. The van der Waals surface area contributed by atoms with Gasteiger partial charge in [-0.1, -0.05) is 43.0 Å². The summed E-state index contributed by atoms with van der Waals surface area (Å²) in [6.07, 6.45) is 7.52. The summed E-state index contributed by atoms with van der Waals surface area (Å²) in [5, 5.41) is 3.14. The molecule has 16 heavy (non-hydrogen) atoms. The van der Waals surface area contributed by atoms with E-state index in [4.69, 9.17) is 0 Å². The number of nitrogens with zero attached hydrogens (tertiary/aromatic N) is 1. The van der Waals surface area contributed by atoms with Gasteiger partial charge in [-0.2, -0.15) is 0 Å². The Morgan fingerprint density at radius 2 is 2.25 bits per heavy atom. The molecule has 0 saturated carbocycles. The van der Waals surface area contributed by atoms with E-state index >= 15 is 0 Å². The average molecular weight is 214 g/mol. The maximum atomic E-state index is 3.89. The van der Waals surface area contributed by atoms with Crippen LogP contribution < -0.4 is 5.32 Å². The van der Waals surface area contributed by atoms with Crippen molar-refractivity contribution in [2.75, 3.05) is 7.05 Å². The minimum absolute atomic E-state index is 0.805. The highest BCUT2D eigenvalue weighted by Crippen LogP contribution is 2.15. The summed E-state index contributed by atoms with van der Waals surface area (Å²) in [5.74, 6) is 0. The molecule has 1 aromatic rings. The van der Waals surface area contributed by atoms with Crippen LogP contribution in [0.25, 0.3) is 6.08 Å². The van der Waals surface area contributed by atoms with Gasteiger partial charge in [-0.05, 0) is 23.6 Å². The number of nitrogens with one attached hydrogen (secondary N) is 1. The van der Waals surface area contributed by atoms with Crippen molar-refractivity contribution in [1.82, 2.24) is 5.32 Å². The largest absolute Gasteiger partial charge is 0.372 e.